The monoisotopic (exact) mass is 332 g/mol. The van der Waals surface area contributed by atoms with Gasteiger partial charge in [0, 0.05) is 11.4 Å². The van der Waals surface area contributed by atoms with E-state index in [-0.39, 0.29) is 5.15 Å². The molecule has 90 valence electrons. The van der Waals surface area contributed by atoms with Crippen LogP contribution in [0.5, 0.6) is 0 Å². The van der Waals surface area contributed by atoms with Gasteiger partial charge in [-0.2, -0.15) is 0 Å². The van der Waals surface area contributed by atoms with E-state index in [1.807, 2.05) is 6.07 Å². The number of nitrogen functional groups attached to an aromatic ring is 1. The van der Waals surface area contributed by atoms with Gasteiger partial charge < -0.3 is 11.1 Å². The van der Waals surface area contributed by atoms with Gasteiger partial charge in [-0.1, -0.05) is 11.6 Å². The standard InChI is InChI=1S/C10H10BrClN4S/c11-7-2-1-6(17-7)3-4-14-10-8(13)9(12)15-5-16-10/h1-2,5H,3-4,13H2,(H,14,15,16). The molecule has 0 amide bonds. The lowest BCUT2D eigenvalue weighted by atomic mass is 10.3. The second-order valence-corrected chi connectivity index (χ2v) is 6.21. The molecule has 0 saturated heterocycles. The van der Waals surface area contributed by atoms with Crippen LogP contribution in [-0.2, 0) is 6.42 Å². The number of nitrogens with two attached hydrogens (primary N) is 1. The highest BCUT2D eigenvalue weighted by Crippen LogP contribution is 2.24. The van der Waals surface area contributed by atoms with Gasteiger partial charge in [0.25, 0.3) is 0 Å². The zero-order chi connectivity index (χ0) is 12.3. The molecule has 4 nitrogen and oxygen atoms in total. The molecule has 2 aromatic rings. The van der Waals surface area contributed by atoms with E-state index in [2.05, 4.69) is 37.3 Å². The number of thiophene rings is 1. The van der Waals surface area contributed by atoms with Crippen molar-refractivity contribution in [2.75, 3.05) is 17.6 Å². The van der Waals surface area contributed by atoms with Crippen molar-refractivity contribution in [1.29, 1.82) is 0 Å². The zero-order valence-electron chi connectivity index (χ0n) is 8.78. The summed E-state index contributed by atoms with van der Waals surface area (Å²) in [5.74, 6) is 0.584. The SMILES string of the molecule is Nc1c(Cl)ncnc1NCCc1ccc(Br)s1. The molecule has 0 aliphatic heterocycles. The number of rotatable bonds is 4. The third-order valence-corrected chi connectivity index (χ3v) is 4.11. The van der Waals surface area contributed by atoms with E-state index in [4.69, 9.17) is 17.3 Å². The lowest BCUT2D eigenvalue weighted by Crippen LogP contribution is -2.08. The first-order chi connectivity index (χ1) is 8.16. The molecular weight excluding hydrogens is 324 g/mol. The predicted molar refractivity (Wildman–Crippen MR) is 75.7 cm³/mol. The minimum absolute atomic E-state index is 0.279. The van der Waals surface area contributed by atoms with Crippen LogP contribution in [-0.4, -0.2) is 16.5 Å². The smallest absolute Gasteiger partial charge is 0.157 e. The first-order valence-corrected chi connectivity index (χ1v) is 6.89. The molecule has 3 N–H and O–H groups in total. The highest BCUT2D eigenvalue weighted by molar-refractivity contribution is 9.11. The molecule has 0 bridgehead atoms. The summed E-state index contributed by atoms with van der Waals surface area (Å²) >= 11 is 10.9. The molecule has 17 heavy (non-hydrogen) atoms. The molecule has 0 unspecified atom stereocenters. The van der Waals surface area contributed by atoms with Crippen LogP contribution in [0, 0.1) is 0 Å². The minimum Gasteiger partial charge on any atom is -0.393 e. The molecule has 0 atom stereocenters. The van der Waals surface area contributed by atoms with Crippen molar-refractivity contribution < 1.29 is 0 Å². The molecular formula is C10H10BrClN4S. The van der Waals surface area contributed by atoms with Crippen molar-refractivity contribution in [3.8, 4) is 0 Å². The molecule has 0 radical (unpaired) electrons. The molecule has 0 saturated carbocycles. The van der Waals surface area contributed by atoms with E-state index in [1.54, 1.807) is 11.3 Å². The van der Waals surface area contributed by atoms with E-state index in [9.17, 15) is 0 Å². The van der Waals surface area contributed by atoms with Crippen molar-refractivity contribution >= 4 is 50.4 Å². The molecule has 2 aromatic heterocycles. The molecule has 0 fully saturated rings. The second kappa shape index (κ2) is 5.66. The molecule has 0 spiro atoms. The van der Waals surface area contributed by atoms with Crippen LogP contribution in [0.1, 0.15) is 4.88 Å². The number of nitrogens with one attached hydrogen (secondary N) is 1. The topological polar surface area (TPSA) is 63.8 Å². The molecule has 2 rings (SSSR count). The van der Waals surface area contributed by atoms with Crippen LogP contribution in [0.3, 0.4) is 0 Å². The van der Waals surface area contributed by atoms with Gasteiger partial charge in [-0.15, -0.1) is 11.3 Å². The lowest BCUT2D eigenvalue weighted by Gasteiger charge is -2.07. The molecule has 0 aromatic carbocycles. The summed E-state index contributed by atoms with van der Waals surface area (Å²) in [6.07, 6.45) is 2.31. The van der Waals surface area contributed by atoms with Gasteiger partial charge in [0.1, 0.15) is 12.0 Å². The maximum Gasteiger partial charge on any atom is 0.157 e. The number of nitrogens with zero attached hydrogens (tertiary/aromatic N) is 2. The van der Waals surface area contributed by atoms with Crippen LogP contribution >= 0.6 is 38.9 Å². The Labute approximate surface area is 116 Å². The van der Waals surface area contributed by atoms with Crippen molar-refractivity contribution in [2.45, 2.75) is 6.42 Å². The molecule has 7 heteroatoms. The summed E-state index contributed by atoms with van der Waals surface area (Å²) in [6.45, 7) is 0.754. The van der Waals surface area contributed by atoms with Gasteiger partial charge in [0.05, 0.1) is 3.79 Å². The first kappa shape index (κ1) is 12.6. The van der Waals surface area contributed by atoms with Crippen LogP contribution in [0.4, 0.5) is 11.5 Å². The molecule has 2 heterocycles. The highest BCUT2D eigenvalue weighted by Gasteiger charge is 2.05. The molecule has 0 aliphatic carbocycles. The number of halogens is 2. The number of anilines is 2. The largest absolute Gasteiger partial charge is 0.393 e. The Morgan fingerprint density at radius 3 is 2.94 bits per heavy atom. The lowest BCUT2D eigenvalue weighted by molar-refractivity contribution is 1.02. The Morgan fingerprint density at radius 2 is 2.24 bits per heavy atom. The fourth-order valence-electron chi connectivity index (χ4n) is 1.31. The summed E-state index contributed by atoms with van der Waals surface area (Å²) in [5, 5.41) is 3.42. The Morgan fingerprint density at radius 1 is 1.41 bits per heavy atom. The summed E-state index contributed by atoms with van der Waals surface area (Å²) < 4.78 is 1.14. The Bertz CT molecular complexity index is 517. The van der Waals surface area contributed by atoms with Gasteiger partial charge in [-0.25, -0.2) is 9.97 Å². The summed E-state index contributed by atoms with van der Waals surface area (Å²) in [6, 6.07) is 4.13. The van der Waals surface area contributed by atoms with E-state index in [0.29, 0.717) is 11.5 Å². The van der Waals surface area contributed by atoms with Crippen molar-refractivity contribution in [1.82, 2.24) is 9.97 Å². The van der Waals surface area contributed by atoms with Gasteiger partial charge >= 0.3 is 0 Å². The first-order valence-electron chi connectivity index (χ1n) is 4.91. The third-order valence-electron chi connectivity index (χ3n) is 2.13. The van der Waals surface area contributed by atoms with Crippen molar-refractivity contribution in [3.63, 3.8) is 0 Å². The third kappa shape index (κ3) is 3.31. The summed E-state index contributed by atoms with van der Waals surface area (Å²) in [5.41, 5.74) is 6.13. The normalized spacial score (nSPS) is 10.5. The highest BCUT2D eigenvalue weighted by atomic mass is 79.9. The van der Waals surface area contributed by atoms with E-state index in [1.165, 1.54) is 11.2 Å². The average Bonchev–Trinajstić information content (AvgIpc) is 2.70. The Kier molecular flexibility index (Phi) is 4.20. The summed E-state index contributed by atoms with van der Waals surface area (Å²) in [7, 11) is 0. The quantitative estimate of drug-likeness (QED) is 0.843. The fraction of sp³-hybridized carbons (Fsp3) is 0.200. The Hall–Kier alpha value is -0.850. The number of hydrogen-bond acceptors (Lipinski definition) is 5. The zero-order valence-corrected chi connectivity index (χ0v) is 11.9. The average molecular weight is 334 g/mol. The van der Waals surface area contributed by atoms with Gasteiger partial charge in [0.15, 0.2) is 11.0 Å². The Balaban J connectivity index is 1.92. The van der Waals surface area contributed by atoms with Gasteiger partial charge in [-0.05, 0) is 34.5 Å². The number of hydrogen-bond donors (Lipinski definition) is 2. The van der Waals surface area contributed by atoms with E-state index in [0.717, 1.165) is 16.8 Å². The van der Waals surface area contributed by atoms with Crippen molar-refractivity contribution in [3.05, 3.63) is 32.3 Å². The van der Waals surface area contributed by atoms with E-state index < -0.39 is 0 Å². The van der Waals surface area contributed by atoms with Gasteiger partial charge in [-0.3, -0.25) is 0 Å². The predicted octanol–water partition coefficient (Wildman–Crippen LogP) is 3.19. The van der Waals surface area contributed by atoms with Crippen LogP contribution in [0.25, 0.3) is 0 Å². The van der Waals surface area contributed by atoms with Crippen LogP contribution in [0.15, 0.2) is 22.2 Å². The summed E-state index contributed by atoms with van der Waals surface area (Å²) in [4.78, 5) is 9.13. The van der Waals surface area contributed by atoms with Crippen LogP contribution < -0.4 is 11.1 Å². The maximum atomic E-state index is 5.79. The maximum absolute atomic E-state index is 5.79. The second-order valence-electron chi connectivity index (χ2n) is 3.31. The molecule has 0 aliphatic rings. The van der Waals surface area contributed by atoms with Crippen molar-refractivity contribution in [2.24, 2.45) is 0 Å². The number of aromatic nitrogens is 2. The van der Waals surface area contributed by atoms with Gasteiger partial charge in [0.2, 0.25) is 0 Å². The minimum atomic E-state index is 0.279. The fourth-order valence-corrected chi connectivity index (χ4v) is 2.92. The van der Waals surface area contributed by atoms with E-state index >= 15 is 0 Å². The van der Waals surface area contributed by atoms with Crippen LogP contribution in [0.2, 0.25) is 5.15 Å².